The molecule has 3 heteroatoms. The zero-order valence-electron chi connectivity index (χ0n) is 8.71. The highest BCUT2D eigenvalue weighted by atomic mass is 15.1. The lowest BCUT2D eigenvalue weighted by Crippen LogP contribution is -2.38. The van der Waals surface area contributed by atoms with Crippen molar-refractivity contribution in [1.29, 1.82) is 0 Å². The Morgan fingerprint density at radius 2 is 2.15 bits per heavy atom. The predicted molar refractivity (Wildman–Crippen MR) is 56.8 cm³/mol. The minimum absolute atomic E-state index is 0.435. The van der Waals surface area contributed by atoms with Crippen molar-refractivity contribution in [3.8, 4) is 0 Å². The molecule has 3 N–H and O–H groups in total. The monoisotopic (exact) mass is 183 g/mol. The molecule has 0 saturated heterocycles. The Labute approximate surface area is 80.8 Å². The second-order valence-corrected chi connectivity index (χ2v) is 3.91. The van der Waals surface area contributed by atoms with Crippen LogP contribution in [0.4, 0.5) is 0 Å². The highest BCUT2D eigenvalue weighted by Crippen LogP contribution is 2.20. The van der Waals surface area contributed by atoms with E-state index in [-0.39, 0.29) is 0 Å². The summed E-state index contributed by atoms with van der Waals surface area (Å²) in [5.41, 5.74) is 5.77. The van der Waals surface area contributed by atoms with E-state index in [1.54, 1.807) is 0 Å². The SMILES string of the molecule is CCC(C)NC(N)=NC1CCCC1. The summed E-state index contributed by atoms with van der Waals surface area (Å²) >= 11 is 0. The summed E-state index contributed by atoms with van der Waals surface area (Å²) in [6, 6.07) is 0.918. The third-order valence-corrected chi connectivity index (χ3v) is 2.65. The van der Waals surface area contributed by atoms with E-state index in [0.29, 0.717) is 18.0 Å². The molecule has 76 valence electrons. The quantitative estimate of drug-likeness (QED) is 0.516. The van der Waals surface area contributed by atoms with E-state index in [0.717, 1.165) is 6.42 Å². The normalized spacial score (nSPS) is 21.8. The first-order valence-electron chi connectivity index (χ1n) is 5.32. The van der Waals surface area contributed by atoms with Gasteiger partial charge >= 0.3 is 0 Å². The molecule has 0 spiro atoms. The first kappa shape index (κ1) is 10.4. The van der Waals surface area contributed by atoms with E-state index in [4.69, 9.17) is 5.73 Å². The van der Waals surface area contributed by atoms with Crippen molar-refractivity contribution in [2.24, 2.45) is 10.7 Å². The van der Waals surface area contributed by atoms with Gasteiger partial charge in [0, 0.05) is 6.04 Å². The van der Waals surface area contributed by atoms with Crippen LogP contribution in [0, 0.1) is 0 Å². The van der Waals surface area contributed by atoms with Gasteiger partial charge in [0.05, 0.1) is 6.04 Å². The minimum Gasteiger partial charge on any atom is -0.370 e. The molecule has 1 fully saturated rings. The fraction of sp³-hybridized carbons (Fsp3) is 0.900. The Balaban J connectivity index is 2.31. The second kappa shape index (κ2) is 5.10. The molecule has 1 aliphatic carbocycles. The largest absolute Gasteiger partial charge is 0.370 e. The predicted octanol–water partition coefficient (Wildman–Crippen LogP) is 1.63. The minimum atomic E-state index is 0.435. The highest BCUT2D eigenvalue weighted by Gasteiger charge is 2.14. The van der Waals surface area contributed by atoms with Crippen molar-refractivity contribution in [2.45, 2.75) is 58.0 Å². The van der Waals surface area contributed by atoms with Crippen LogP contribution in [-0.4, -0.2) is 18.0 Å². The number of aliphatic imine (C=N–C) groups is 1. The molecule has 3 nitrogen and oxygen atoms in total. The maximum Gasteiger partial charge on any atom is 0.189 e. The molecule has 0 bridgehead atoms. The molecule has 0 aliphatic heterocycles. The summed E-state index contributed by atoms with van der Waals surface area (Å²) in [4.78, 5) is 4.45. The van der Waals surface area contributed by atoms with E-state index in [1.165, 1.54) is 25.7 Å². The Bertz CT molecular complexity index is 171. The Morgan fingerprint density at radius 1 is 1.54 bits per heavy atom. The third kappa shape index (κ3) is 3.66. The lowest BCUT2D eigenvalue weighted by molar-refractivity contribution is 0.625. The van der Waals surface area contributed by atoms with Crippen LogP contribution in [-0.2, 0) is 0 Å². The zero-order chi connectivity index (χ0) is 9.68. The number of hydrogen-bond acceptors (Lipinski definition) is 1. The van der Waals surface area contributed by atoms with Gasteiger partial charge in [-0.2, -0.15) is 0 Å². The molecule has 0 aromatic carbocycles. The van der Waals surface area contributed by atoms with E-state index >= 15 is 0 Å². The number of hydrogen-bond donors (Lipinski definition) is 2. The van der Waals surface area contributed by atoms with Crippen molar-refractivity contribution < 1.29 is 0 Å². The van der Waals surface area contributed by atoms with Crippen LogP contribution in [0.3, 0.4) is 0 Å². The average Bonchev–Trinajstić information content (AvgIpc) is 2.56. The van der Waals surface area contributed by atoms with E-state index in [1.807, 2.05) is 0 Å². The first-order valence-corrected chi connectivity index (χ1v) is 5.32. The standard InChI is InChI=1S/C10H21N3/c1-3-8(2)12-10(11)13-9-6-4-5-7-9/h8-9H,3-7H2,1-2H3,(H3,11,12,13). The maximum atomic E-state index is 5.77. The molecule has 0 aromatic heterocycles. The molecule has 1 unspecified atom stereocenters. The summed E-state index contributed by atoms with van der Waals surface area (Å²) in [5, 5.41) is 3.18. The molecule has 1 aliphatic rings. The molecular weight excluding hydrogens is 162 g/mol. The van der Waals surface area contributed by atoms with Gasteiger partial charge in [-0.25, -0.2) is 0 Å². The van der Waals surface area contributed by atoms with Gasteiger partial charge in [-0.15, -0.1) is 0 Å². The lowest BCUT2D eigenvalue weighted by atomic mass is 10.2. The Morgan fingerprint density at radius 3 is 2.69 bits per heavy atom. The molecule has 13 heavy (non-hydrogen) atoms. The van der Waals surface area contributed by atoms with E-state index in [2.05, 4.69) is 24.2 Å². The van der Waals surface area contributed by atoms with Crippen LogP contribution in [0.25, 0.3) is 0 Å². The lowest BCUT2D eigenvalue weighted by Gasteiger charge is -2.13. The van der Waals surface area contributed by atoms with Crippen LogP contribution in [0.15, 0.2) is 4.99 Å². The summed E-state index contributed by atoms with van der Waals surface area (Å²) in [6.45, 7) is 4.26. The molecule has 0 radical (unpaired) electrons. The molecule has 0 heterocycles. The Kier molecular flexibility index (Phi) is 4.06. The van der Waals surface area contributed by atoms with Crippen LogP contribution < -0.4 is 11.1 Å². The number of guanidine groups is 1. The highest BCUT2D eigenvalue weighted by molar-refractivity contribution is 5.78. The van der Waals surface area contributed by atoms with Gasteiger partial charge in [0.2, 0.25) is 0 Å². The molecule has 0 aromatic rings. The molecule has 1 atom stereocenters. The number of nitrogens with zero attached hydrogens (tertiary/aromatic N) is 1. The van der Waals surface area contributed by atoms with Gasteiger partial charge < -0.3 is 11.1 Å². The van der Waals surface area contributed by atoms with Crippen molar-refractivity contribution in [3.05, 3.63) is 0 Å². The summed E-state index contributed by atoms with van der Waals surface area (Å²) in [6.07, 6.45) is 6.13. The first-order chi connectivity index (χ1) is 6.22. The second-order valence-electron chi connectivity index (χ2n) is 3.91. The van der Waals surface area contributed by atoms with Gasteiger partial charge in [-0.1, -0.05) is 19.8 Å². The zero-order valence-corrected chi connectivity index (χ0v) is 8.71. The topological polar surface area (TPSA) is 50.4 Å². The smallest absolute Gasteiger partial charge is 0.189 e. The van der Waals surface area contributed by atoms with Gasteiger partial charge in [0.15, 0.2) is 5.96 Å². The van der Waals surface area contributed by atoms with Gasteiger partial charge in [-0.3, -0.25) is 4.99 Å². The molecule has 0 amide bonds. The van der Waals surface area contributed by atoms with Crippen LogP contribution in [0.2, 0.25) is 0 Å². The number of nitrogens with one attached hydrogen (secondary N) is 1. The van der Waals surface area contributed by atoms with Gasteiger partial charge in [0.1, 0.15) is 0 Å². The van der Waals surface area contributed by atoms with Crippen LogP contribution in [0.5, 0.6) is 0 Å². The molecule has 1 saturated carbocycles. The van der Waals surface area contributed by atoms with Crippen molar-refractivity contribution in [2.75, 3.05) is 0 Å². The van der Waals surface area contributed by atoms with Gasteiger partial charge in [0.25, 0.3) is 0 Å². The number of rotatable bonds is 3. The van der Waals surface area contributed by atoms with Crippen molar-refractivity contribution in [3.63, 3.8) is 0 Å². The summed E-state index contributed by atoms with van der Waals surface area (Å²) < 4.78 is 0. The summed E-state index contributed by atoms with van der Waals surface area (Å²) in [7, 11) is 0. The molecule has 1 rings (SSSR count). The van der Waals surface area contributed by atoms with Crippen molar-refractivity contribution in [1.82, 2.24) is 5.32 Å². The fourth-order valence-electron chi connectivity index (χ4n) is 1.62. The van der Waals surface area contributed by atoms with E-state index in [9.17, 15) is 0 Å². The maximum absolute atomic E-state index is 5.77. The van der Waals surface area contributed by atoms with Crippen LogP contribution >= 0.6 is 0 Å². The number of nitrogens with two attached hydrogens (primary N) is 1. The molecular formula is C10H21N3. The summed E-state index contributed by atoms with van der Waals surface area (Å²) in [5.74, 6) is 0.626. The average molecular weight is 183 g/mol. The van der Waals surface area contributed by atoms with E-state index < -0.39 is 0 Å². The Hall–Kier alpha value is -0.730. The fourth-order valence-corrected chi connectivity index (χ4v) is 1.62. The van der Waals surface area contributed by atoms with Crippen molar-refractivity contribution >= 4 is 5.96 Å². The third-order valence-electron chi connectivity index (χ3n) is 2.65. The van der Waals surface area contributed by atoms with Crippen LogP contribution in [0.1, 0.15) is 46.0 Å². The van der Waals surface area contributed by atoms with Gasteiger partial charge in [-0.05, 0) is 26.2 Å².